The third-order valence-electron chi connectivity index (χ3n) is 4.90. The van der Waals surface area contributed by atoms with Gasteiger partial charge in [0.15, 0.2) is 0 Å². The van der Waals surface area contributed by atoms with E-state index in [9.17, 15) is 9.59 Å². The number of hydrogen-bond donors (Lipinski definition) is 0. The first kappa shape index (κ1) is 16.8. The van der Waals surface area contributed by atoms with Crippen LogP contribution in [0.5, 0.6) is 0 Å². The summed E-state index contributed by atoms with van der Waals surface area (Å²) in [5.74, 6) is 0.0525. The van der Waals surface area contributed by atoms with Crippen LogP contribution in [0.15, 0.2) is 30.3 Å². The van der Waals surface area contributed by atoms with E-state index < -0.39 is 0 Å². The van der Waals surface area contributed by atoms with E-state index in [0.29, 0.717) is 32.7 Å². The molecule has 0 radical (unpaired) electrons. The normalized spacial score (nSPS) is 22.8. The first-order valence-electron chi connectivity index (χ1n) is 8.71. The maximum atomic E-state index is 12.7. The third kappa shape index (κ3) is 3.11. The molecule has 2 bridgehead atoms. The summed E-state index contributed by atoms with van der Waals surface area (Å²) in [6, 6.07) is 9.31. The molecule has 130 valence electrons. The topological polar surface area (TPSA) is 53.1 Å². The summed E-state index contributed by atoms with van der Waals surface area (Å²) in [5.41, 5.74) is 1.03. The summed E-state index contributed by atoms with van der Waals surface area (Å²) in [4.78, 5) is 34.6. The van der Waals surface area contributed by atoms with E-state index in [1.165, 1.54) is 5.06 Å². The third-order valence-corrected chi connectivity index (χ3v) is 4.90. The van der Waals surface area contributed by atoms with Crippen molar-refractivity contribution in [2.45, 2.75) is 45.4 Å². The van der Waals surface area contributed by atoms with Gasteiger partial charge in [0.1, 0.15) is 12.6 Å². The number of benzene rings is 1. The van der Waals surface area contributed by atoms with Crippen molar-refractivity contribution >= 4 is 11.9 Å². The summed E-state index contributed by atoms with van der Waals surface area (Å²) < 4.78 is 0. The van der Waals surface area contributed by atoms with Crippen LogP contribution in [0.1, 0.15) is 32.3 Å². The Hall–Kier alpha value is -2.08. The molecule has 3 rings (SSSR count). The molecule has 2 saturated heterocycles. The molecule has 24 heavy (non-hydrogen) atoms. The summed E-state index contributed by atoms with van der Waals surface area (Å²) in [5, 5.41) is 1.47. The molecule has 1 aromatic carbocycles. The van der Waals surface area contributed by atoms with Crippen LogP contribution in [0, 0.1) is 0 Å². The molecular formula is C18H25N3O3. The SMILES string of the molecule is CCN(CC)C(=O)[C@@H]1CC[C@H]2CN1C(=O)N2OCc1ccccc1. The molecular weight excluding hydrogens is 306 g/mol. The Morgan fingerprint density at radius 1 is 1.21 bits per heavy atom. The number of nitrogens with zero attached hydrogens (tertiary/aromatic N) is 3. The van der Waals surface area contributed by atoms with E-state index in [1.807, 2.05) is 44.2 Å². The fraction of sp³-hybridized carbons (Fsp3) is 0.556. The Morgan fingerprint density at radius 3 is 2.58 bits per heavy atom. The van der Waals surface area contributed by atoms with Crippen molar-refractivity contribution in [1.29, 1.82) is 0 Å². The van der Waals surface area contributed by atoms with Crippen LogP contribution < -0.4 is 0 Å². The fourth-order valence-corrected chi connectivity index (χ4v) is 3.52. The van der Waals surface area contributed by atoms with Gasteiger partial charge in [-0.3, -0.25) is 9.63 Å². The van der Waals surface area contributed by atoms with Crippen LogP contribution in [0.3, 0.4) is 0 Å². The molecule has 0 aromatic heterocycles. The number of fused-ring (bicyclic) bond motifs is 2. The first-order valence-corrected chi connectivity index (χ1v) is 8.71. The van der Waals surface area contributed by atoms with Gasteiger partial charge < -0.3 is 9.80 Å². The van der Waals surface area contributed by atoms with Crippen LogP contribution in [0.4, 0.5) is 4.79 Å². The van der Waals surface area contributed by atoms with Gasteiger partial charge in [-0.05, 0) is 32.3 Å². The number of hydrogen-bond acceptors (Lipinski definition) is 3. The molecule has 0 unspecified atom stereocenters. The summed E-state index contributed by atoms with van der Waals surface area (Å²) in [6.07, 6.45) is 1.51. The van der Waals surface area contributed by atoms with E-state index in [1.54, 1.807) is 9.80 Å². The fourth-order valence-electron chi connectivity index (χ4n) is 3.52. The number of piperidine rings is 1. The van der Waals surface area contributed by atoms with Crippen molar-refractivity contribution < 1.29 is 14.4 Å². The van der Waals surface area contributed by atoms with Crippen LogP contribution >= 0.6 is 0 Å². The van der Waals surface area contributed by atoms with E-state index in [4.69, 9.17) is 4.84 Å². The zero-order valence-corrected chi connectivity index (χ0v) is 14.4. The minimum absolute atomic E-state index is 0.0435. The average molecular weight is 331 g/mol. The van der Waals surface area contributed by atoms with Crippen molar-refractivity contribution in [1.82, 2.24) is 14.9 Å². The van der Waals surface area contributed by atoms with Gasteiger partial charge in [-0.1, -0.05) is 30.3 Å². The number of carbonyl (C=O) groups is 2. The number of likely N-dealkylation sites (N-methyl/N-ethyl adjacent to an activating group) is 1. The number of amides is 3. The lowest BCUT2D eigenvalue weighted by atomic mass is 10.00. The van der Waals surface area contributed by atoms with Gasteiger partial charge in [-0.15, -0.1) is 0 Å². The van der Waals surface area contributed by atoms with Gasteiger partial charge in [0.2, 0.25) is 5.91 Å². The lowest BCUT2D eigenvalue weighted by Gasteiger charge is -2.33. The maximum Gasteiger partial charge on any atom is 0.345 e. The highest BCUT2D eigenvalue weighted by molar-refractivity contribution is 5.88. The zero-order chi connectivity index (χ0) is 17.1. The van der Waals surface area contributed by atoms with Gasteiger partial charge in [0.05, 0.1) is 6.04 Å². The smallest absolute Gasteiger partial charge is 0.341 e. The molecule has 6 nitrogen and oxygen atoms in total. The van der Waals surface area contributed by atoms with Crippen molar-refractivity contribution in [3.8, 4) is 0 Å². The Labute approximate surface area is 142 Å². The molecule has 2 heterocycles. The van der Waals surface area contributed by atoms with Crippen molar-refractivity contribution in [2.24, 2.45) is 0 Å². The largest absolute Gasteiger partial charge is 0.345 e. The molecule has 2 aliphatic heterocycles. The number of rotatable bonds is 6. The standard InChI is InChI=1S/C18H25N3O3/c1-3-19(4-2)17(22)16-11-10-15-12-20(16)18(23)21(15)24-13-14-8-6-5-7-9-14/h5-9,15-16H,3-4,10-13H2,1-2H3/t15-,16-/m0/s1. The van der Waals surface area contributed by atoms with Crippen LogP contribution in [0.25, 0.3) is 0 Å². The minimum Gasteiger partial charge on any atom is -0.341 e. The molecule has 6 heteroatoms. The zero-order valence-electron chi connectivity index (χ0n) is 14.4. The highest BCUT2D eigenvalue weighted by Gasteiger charge is 2.48. The average Bonchev–Trinajstić information content (AvgIpc) is 2.86. The van der Waals surface area contributed by atoms with Crippen LogP contribution in [-0.2, 0) is 16.2 Å². The van der Waals surface area contributed by atoms with Crippen LogP contribution in [-0.4, -0.2) is 58.5 Å². The van der Waals surface area contributed by atoms with Crippen molar-refractivity contribution in [3.05, 3.63) is 35.9 Å². The summed E-state index contributed by atoms with van der Waals surface area (Å²) in [6.45, 7) is 6.22. The van der Waals surface area contributed by atoms with Crippen molar-refractivity contribution in [3.63, 3.8) is 0 Å². The lowest BCUT2D eigenvalue weighted by molar-refractivity contribution is -0.140. The predicted molar refractivity (Wildman–Crippen MR) is 89.9 cm³/mol. The molecule has 1 aromatic rings. The molecule has 0 spiro atoms. The van der Waals surface area contributed by atoms with Gasteiger partial charge in [0, 0.05) is 19.6 Å². The Morgan fingerprint density at radius 2 is 1.92 bits per heavy atom. The molecule has 3 amide bonds. The molecule has 0 aliphatic carbocycles. The van der Waals surface area contributed by atoms with Crippen molar-refractivity contribution in [2.75, 3.05) is 19.6 Å². The maximum absolute atomic E-state index is 12.7. The lowest BCUT2D eigenvalue weighted by Crippen LogP contribution is -2.51. The molecule has 0 saturated carbocycles. The molecule has 2 fully saturated rings. The van der Waals surface area contributed by atoms with Gasteiger partial charge >= 0.3 is 6.03 Å². The summed E-state index contributed by atoms with van der Waals surface area (Å²) in [7, 11) is 0. The predicted octanol–water partition coefficient (Wildman–Crippen LogP) is 2.26. The van der Waals surface area contributed by atoms with E-state index in [0.717, 1.165) is 12.0 Å². The number of urea groups is 1. The number of hydroxylamine groups is 2. The summed E-state index contributed by atoms with van der Waals surface area (Å²) >= 11 is 0. The Kier molecular flexibility index (Phi) is 5.04. The van der Waals surface area contributed by atoms with Gasteiger partial charge in [0.25, 0.3) is 0 Å². The van der Waals surface area contributed by atoms with E-state index >= 15 is 0 Å². The Balaban J connectivity index is 1.65. The molecule has 2 aliphatic rings. The molecule has 2 atom stereocenters. The second kappa shape index (κ2) is 7.21. The first-order chi connectivity index (χ1) is 11.7. The highest BCUT2D eigenvalue weighted by Crippen LogP contribution is 2.31. The second-order valence-corrected chi connectivity index (χ2v) is 6.28. The van der Waals surface area contributed by atoms with Gasteiger partial charge in [-0.25, -0.2) is 4.79 Å². The van der Waals surface area contributed by atoms with E-state index in [-0.39, 0.29) is 24.0 Å². The number of carbonyl (C=O) groups excluding carboxylic acids is 2. The monoisotopic (exact) mass is 331 g/mol. The second-order valence-electron chi connectivity index (χ2n) is 6.28. The molecule has 0 N–H and O–H groups in total. The van der Waals surface area contributed by atoms with E-state index in [2.05, 4.69) is 0 Å². The van der Waals surface area contributed by atoms with Crippen LogP contribution in [0.2, 0.25) is 0 Å². The minimum atomic E-state index is -0.348. The highest BCUT2D eigenvalue weighted by atomic mass is 16.7. The van der Waals surface area contributed by atoms with Gasteiger partial charge in [-0.2, -0.15) is 5.06 Å². The Bertz CT molecular complexity index is 588. The quantitative estimate of drug-likeness (QED) is 0.803.